The van der Waals surface area contributed by atoms with Crippen LogP contribution < -0.4 is 10.6 Å². The van der Waals surface area contributed by atoms with Gasteiger partial charge in [0.1, 0.15) is 12.1 Å². The smallest absolute Gasteiger partial charge is 0.328 e. The molecule has 0 bridgehead atoms. The predicted octanol–water partition coefficient (Wildman–Crippen LogP) is 3.56. The summed E-state index contributed by atoms with van der Waals surface area (Å²) in [6.07, 6.45) is 3.20. The van der Waals surface area contributed by atoms with E-state index in [2.05, 4.69) is 43.2 Å². The fraction of sp³-hybridized carbons (Fsp3) is 0. The summed E-state index contributed by atoms with van der Waals surface area (Å²) in [6, 6.07) is 13.0. The molecule has 0 fully saturated rings. The third-order valence-corrected chi connectivity index (χ3v) is 4.04. The molecule has 0 atom stereocenters. The lowest BCUT2D eigenvalue weighted by atomic mass is 10.2. The molecular formula is C18H13IN4O3. The Morgan fingerprint density at radius 1 is 1.04 bits per heavy atom. The standard InChI is InChI=1S/C18H13IN4O3/c19-11-2-1-3-12(8-11)23-18-14-9-13(4-5-15(14)20-10-21-18)22-16(24)6-7-17(25)26/h1-10H,(H,22,24)(H,25,26)(H,20,21,23). The highest BCUT2D eigenvalue weighted by Gasteiger charge is 2.07. The van der Waals surface area contributed by atoms with Crippen LogP contribution in [0.2, 0.25) is 0 Å². The molecule has 8 heteroatoms. The highest BCUT2D eigenvalue weighted by molar-refractivity contribution is 14.1. The van der Waals surface area contributed by atoms with Crippen molar-refractivity contribution in [2.75, 3.05) is 10.6 Å². The molecule has 0 radical (unpaired) electrons. The Hall–Kier alpha value is -3.01. The molecule has 0 unspecified atom stereocenters. The van der Waals surface area contributed by atoms with Gasteiger partial charge in [0.25, 0.3) is 0 Å². The van der Waals surface area contributed by atoms with Gasteiger partial charge in [-0.05, 0) is 59.0 Å². The third kappa shape index (κ3) is 4.54. The van der Waals surface area contributed by atoms with Crippen molar-refractivity contribution in [2.24, 2.45) is 0 Å². The lowest BCUT2D eigenvalue weighted by Crippen LogP contribution is -2.08. The van der Waals surface area contributed by atoms with Gasteiger partial charge < -0.3 is 15.7 Å². The summed E-state index contributed by atoms with van der Waals surface area (Å²) >= 11 is 2.23. The van der Waals surface area contributed by atoms with E-state index in [0.717, 1.165) is 26.8 Å². The van der Waals surface area contributed by atoms with Crippen molar-refractivity contribution < 1.29 is 14.7 Å². The van der Waals surface area contributed by atoms with Gasteiger partial charge in [0.2, 0.25) is 5.91 Å². The van der Waals surface area contributed by atoms with Gasteiger partial charge in [0, 0.05) is 32.5 Å². The number of carboxylic acid groups (broad SMARTS) is 1. The SMILES string of the molecule is O=C(O)C=CC(=O)Nc1ccc2ncnc(Nc3cccc(I)c3)c2c1. The van der Waals surface area contributed by atoms with E-state index in [1.807, 2.05) is 24.3 Å². The maximum Gasteiger partial charge on any atom is 0.328 e. The van der Waals surface area contributed by atoms with Crippen LogP contribution in [-0.4, -0.2) is 27.0 Å². The molecule has 0 spiro atoms. The molecule has 7 nitrogen and oxygen atoms in total. The summed E-state index contributed by atoms with van der Waals surface area (Å²) < 4.78 is 1.09. The number of benzene rings is 2. The fourth-order valence-electron chi connectivity index (χ4n) is 2.27. The van der Waals surface area contributed by atoms with Crippen LogP contribution in [0, 0.1) is 3.57 Å². The Kier molecular flexibility index (Phi) is 5.42. The van der Waals surface area contributed by atoms with E-state index in [1.54, 1.807) is 18.2 Å². The van der Waals surface area contributed by atoms with Crippen molar-refractivity contribution in [1.82, 2.24) is 9.97 Å². The number of anilines is 3. The van der Waals surface area contributed by atoms with Crippen LogP contribution in [-0.2, 0) is 9.59 Å². The monoisotopic (exact) mass is 460 g/mol. The second-order valence-corrected chi connectivity index (χ2v) is 6.50. The molecule has 3 rings (SSSR count). The number of hydrogen-bond acceptors (Lipinski definition) is 5. The zero-order chi connectivity index (χ0) is 18.5. The number of nitrogens with one attached hydrogen (secondary N) is 2. The number of carbonyl (C=O) groups excluding carboxylic acids is 1. The van der Waals surface area contributed by atoms with E-state index in [0.29, 0.717) is 17.0 Å². The van der Waals surface area contributed by atoms with Gasteiger partial charge in [0.05, 0.1) is 5.52 Å². The van der Waals surface area contributed by atoms with Gasteiger partial charge in [-0.3, -0.25) is 4.79 Å². The molecule has 0 aliphatic heterocycles. The number of hydrogen-bond donors (Lipinski definition) is 3. The summed E-state index contributed by atoms with van der Waals surface area (Å²) in [7, 11) is 0. The van der Waals surface area contributed by atoms with Gasteiger partial charge >= 0.3 is 5.97 Å². The predicted molar refractivity (Wildman–Crippen MR) is 107 cm³/mol. The number of aromatic nitrogens is 2. The van der Waals surface area contributed by atoms with Crippen LogP contribution in [0.3, 0.4) is 0 Å². The van der Waals surface area contributed by atoms with Crippen LogP contribution in [0.25, 0.3) is 10.9 Å². The van der Waals surface area contributed by atoms with Crippen LogP contribution in [0.15, 0.2) is 60.9 Å². The van der Waals surface area contributed by atoms with Gasteiger partial charge in [-0.1, -0.05) is 6.07 Å². The Morgan fingerprint density at radius 2 is 1.88 bits per heavy atom. The Balaban J connectivity index is 1.90. The largest absolute Gasteiger partial charge is 0.478 e. The first kappa shape index (κ1) is 17.8. The van der Waals surface area contributed by atoms with Gasteiger partial charge in [-0.2, -0.15) is 0 Å². The number of rotatable bonds is 5. The minimum atomic E-state index is -1.18. The molecule has 0 saturated heterocycles. The van der Waals surface area contributed by atoms with Crippen LogP contribution in [0.5, 0.6) is 0 Å². The van der Waals surface area contributed by atoms with E-state index in [-0.39, 0.29) is 0 Å². The van der Waals surface area contributed by atoms with Gasteiger partial charge in [0.15, 0.2) is 0 Å². The third-order valence-electron chi connectivity index (χ3n) is 3.37. The first-order chi connectivity index (χ1) is 12.5. The average molecular weight is 460 g/mol. The number of fused-ring (bicyclic) bond motifs is 1. The molecule has 130 valence electrons. The fourth-order valence-corrected chi connectivity index (χ4v) is 2.81. The maximum atomic E-state index is 11.8. The number of carbonyl (C=O) groups is 2. The van der Waals surface area contributed by atoms with Crippen LogP contribution in [0.4, 0.5) is 17.2 Å². The van der Waals surface area contributed by atoms with Crippen LogP contribution >= 0.6 is 22.6 Å². The van der Waals surface area contributed by atoms with E-state index in [1.165, 1.54) is 6.33 Å². The highest BCUT2D eigenvalue weighted by Crippen LogP contribution is 2.26. The van der Waals surface area contributed by atoms with E-state index in [9.17, 15) is 9.59 Å². The summed E-state index contributed by atoms with van der Waals surface area (Å²) in [5.74, 6) is -1.11. The molecule has 0 saturated carbocycles. The first-order valence-corrected chi connectivity index (χ1v) is 8.58. The normalized spacial score (nSPS) is 10.8. The molecule has 26 heavy (non-hydrogen) atoms. The number of nitrogens with zero attached hydrogens (tertiary/aromatic N) is 2. The second kappa shape index (κ2) is 7.91. The maximum absolute atomic E-state index is 11.8. The van der Waals surface area contributed by atoms with Crippen molar-refractivity contribution in [1.29, 1.82) is 0 Å². The Morgan fingerprint density at radius 3 is 2.65 bits per heavy atom. The Labute approximate surface area is 162 Å². The van der Waals surface area contributed by atoms with Crippen molar-refractivity contribution in [2.45, 2.75) is 0 Å². The number of halogens is 1. The van der Waals surface area contributed by atoms with E-state index < -0.39 is 11.9 Å². The summed E-state index contributed by atoms with van der Waals surface area (Å²) in [5, 5.41) is 15.2. The van der Waals surface area contributed by atoms with E-state index in [4.69, 9.17) is 5.11 Å². The number of aliphatic carboxylic acids is 1. The molecule has 3 aromatic rings. The molecule has 1 amide bonds. The minimum absolute atomic E-state index is 0.512. The average Bonchev–Trinajstić information content (AvgIpc) is 2.60. The minimum Gasteiger partial charge on any atom is -0.478 e. The molecule has 1 aromatic heterocycles. The summed E-state index contributed by atoms with van der Waals surface area (Å²) in [4.78, 5) is 30.7. The lowest BCUT2D eigenvalue weighted by Gasteiger charge is -2.10. The quantitative estimate of drug-likeness (QED) is 0.398. The van der Waals surface area contributed by atoms with E-state index >= 15 is 0 Å². The van der Waals surface area contributed by atoms with Gasteiger partial charge in [-0.25, -0.2) is 14.8 Å². The molecule has 3 N–H and O–H groups in total. The molecule has 0 aliphatic carbocycles. The van der Waals surface area contributed by atoms with Crippen molar-refractivity contribution in [3.05, 3.63) is 64.5 Å². The van der Waals surface area contributed by atoms with Gasteiger partial charge in [-0.15, -0.1) is 0 Å². The van der Waals surface area contributed by atoms with Crippen molar-refractivity contribution >= 4 is 62.6 Å². The zero-order valence-corrected chi connectivity index (χ0v) is 15.5. The molecule has 2 aromatic carbocycles. The second-order valence-electron chi connectivity index (χ2n) is 5.25. The molecule has 1 heterocycles. The number of amides is 1. The zero-order valence-electron chi connectivity index (χ0n) is 13.3. The van der Waals surface area contributed by atoms with Crippen LogP contribution in [0.1, 0.15) is 0 Å². The Bertz CT molecular complexity index is 1020. The lowest BCUT2D eigenvalue weighted by molar-refractivity contribution is -0.131. The summed E-state index contributed by atoms with van der Waals surface area (Å²) in [6.45, 7) is 0. The molecule has 0 aliphatic rings. The van der Waals surface area contributed by atoms with Crippen molar-refractivity contribution in [3.63, 3.8) is 0 Å². The van der Waals surface area contributed by atoms with Crippen molar-refractivity contribution in [3.8, 4) is 0 Å². The highest BCUT2D eigenvalue weighted by atomic mass is 127. The summed E-state index contributed by atoms with van der Waals surface area (Å²) in [5.41, 5.74) is 2.11. The molecular weight excluding hydrogens is 447 g/mol. The number of carboxylic acids is 1. The first-order valence-electron chi connectivity index (χ1n) is 7.50. The topological polar surface area (TPSA) is 104 Å².